The molecule has 5 rings (SSSR count). The monoisotopic (exact) mass is 568 g/mol. The van der Waals surface area contributed by atoms with E-state index in [-0.39, 0.29) is 12.2 Å². The average molecular weight is 569 g/mol. The number of hydrogen-bond acceptors (Lipinski definition) is 7. The maximum Gasteiger partial charge on any atom is 0.338 e. The molecule has 3 aromatic carbocycles. The molecule has 0 amide bonds. The van der Waals surface area contributed by atoms with Gasteiger partial charge in [0.15, 0.2) is 16.3 Å². The van der Waals surface area contributed by atoms with Crippen LogP contribution in [-0.2, 0) is 16.1 Å². The Labute approximate surface area is 242 Å². The molecule has 1 atom stereocenters. The molecule has 0 spiro atoms. The first-order valence-electron chi connectivity index (χ1n) is 13.4. The average Bonchev–Trinajstić information content (AvgIpc) is 3.26. The van der Waals surface area contributed by atoms with Gasteiger partial charge in [-0.3, -0.25) is 9.36 Å². The number of hydrogen-bond donors (Lipinski definition) is 0. The molecule has 0 fully saturated rings. The van der Waals surface area contributed by atoms with Crippen molar-refractivity contribution in [2.24, 2.45) is 4.99 Å². The van der Waals surface area contributed by atoms with E-state index in [0.717, 1.165) is 22.3 Å². The Bertz CT molecular complexity index is 1820. The van der Waals surface area contributed by atoms with Gasteiger partial charge in [0, 0.05) is 0 Å². The number of ether oxygens (including phenoxy) is 3. The smallest absolute Gasteiger partial charge is 0.338 e. The second-order valence-electron chi connectivity index (χ2n) is 9.90. The van der Waals surface area contributed by atoms with Crippen LogP contribution in [0.5, 0.6) is 11.5 Å². The highest BCUT2D eigenvalue weighted by Gasteiger charge is 2.33. The highest BCUT2D eigenvalue weighted by atomic mass is 32.1. The van der Waals surface area contributed by atoms with Crippen LogP contribution in [0.25, 0.3) is 6.08 Å². The Morgan fingerprint density at radius 3 is 2.49 bits per heavy atom. The second kappa shape index (κ2) is 12.0. The van der Waals surface area contributed by atoms with Crippen LogP contribution in [-0.4, -0.2) is 24.3 Å². The van der Waals surface area contributed by atoms with Crippen LogP contribution >= 0.6 is 11.3 Å². The summed E-state index contributed by atoms with van der Waals surface area (Å²) in [5.74, 6) is 0.707. The van der Waals surface area contributed by atoms with Crippen LogP contribution in [0.4, 0.5) is 0 Å². The number of methoxy groups -OCH3 is 1. The molecular weight excluding hydrogens is 536 g/mol. The summed E-state index contributed by atoms with van der Waals surface area (Å²) >= 11 is 1.29. The summed E-state index contributed by atoms with van der Waals surface area (Å²) in [5.41, 5.74) is 5.60. The number of carbonyl (C=O) groups is 1. The summed E-state index contributed by atoms with van der Waals surface area (Å²) in [4.78, 5) is 32.1. The second-order valence-corrected chi connectivity index (χ2v) is 10.9. The molecule has 8 heteroatoms. The molecule has 0 unspecified atom stereocenters. The van der Waals surface area contributed by atoms with E-state index in [1.807, 2.05) is 80.6 Å². The van der Waals surface area contributed by atoms with Gasteiger partial charge in [-0.25, -0.2) is 9.79 Å². The van der Waals surface area contributed by atoms with Gasteiger partial charge in [-0.05, 0) is 62.6 Å². The van der Waals surface area contributed by atoms with Crippen LogP contribution in [0.3, 0.4) is 0 Å². The van der Waals surface area contributed by atoms with Crippen molar-refractivity contribution >= 4 is 23.4 Å². The molecule has 0 aliphatic carbocycles. The zero-order valence-electron chi connectivity index (χ0n) is 23.8. The highest BCUT2D eigenvalue weighted by molar-refractivity contribution is 7.07. The molecule has 0 radical (unpaired) electrons. The Kier molecular flexibility index (Phi) is 8.21. The highest BCUT2D eigenvalue weighted by Crippen LogP contribution is 2.31. The van der Waals surface area contributed by atoms with E-state index in [1.54, 1.807) is 25.5 Å². The Morgan fingerprint density at radius 1 is 1.00 bits per heavy atom. The molecule has 210 valence electrons. The van der Waals surface area contributed by atoms with Crippen LogP contribution in [0.2, 0.25) is 0 Å². The summed E-state index contributed by atoms with van der Waals surface area (Å²) in [6.45, 7) is 8.23. The minimum Gasteiger partial charge on any atom is -0.493 e. The number of aromatic nitrogens is 1. The number of esters is 1. The standard InChI is InChI=1S/C33H32N2O5S/c1-6-39-32(37)29-22(4)34-33-35(30(29)25-13-10-20(2)11-14-25)31(36)28(41-33)18-23-12-15-26(27(17-23)38-5)40-19-24-9-7-8-21(3)16-24/h7-18,30H,6,19H2,1-5H3/b28-18+/t30-/m0/s1. The number of thiazole rings is 1. The van der Waals surface area contributed by atoms with E-state index in [0.29, 0.717) is 38.7 Å². The van der Waals surface area contributed by atoms with Crippen molar-refractivity contribution in [1.82, 2.24) is 4.57 Å². The topological polar surface area (TPSA) is 79.1 Å². The SMILES string of the molecule is CCOC(=O)C1=C(C)N=c2s/c(=C/c3ccc(OCc4cccc(C)c4)c(OC)c3)c(=O)n2[C@H]1c1ccc(C)cc1. The van der Waals surface area contributed by atoms with E-state index >= 15 is 0 Å². The fourth-order valence-corrected chi connectivity index (χ4v) is 5.91. The number of allylic oxidation sites excluding steroid dienone is 1. The Hall–Kier alpha value is -4.43. The third-order valence-corrected chi connectivity index (χ3v) is 7.86. The third-order valence-electron chi connectivity index (χ3n) is 6.87. The van der Waals surface area contributed by atoms with Gasteiger partial charge in [-0.2, -0.15) is 0 Å². The zero-order valence-corrected chi connectivity index (χ0v) is 24.6. The summed E-state index contributed by atoms with van der Waals surface area (Å²) in [6, 6.07) is 20.9. The molecule has 4 aromatic rings. The molecule has 0 saturated heterocycles. The maximum atomic E-state index is 13.9. The number of benzene rings is 3. The van der Waals surface area contributed by atoms with Crippen LogP contribution in [0.1, 0.15) is 47.7 Å². The van der Waals surface area contributed by atoms with Crippen LogP contribution in [0, 0.1) is 13.8 Å². The molecule has 41 heavy (non-hydrogen) atoms. The van der Waals surface area contributed by atoms with Crippen molar-refractivity contribution in [3.05, 3.63) is 126 Å². The number of aryl methyl sites for hydroxylation is 2. The minimum atomic E-state index is -0.639. The van der Waals surface area contributed by atoms with Gasteiger partial charge in [0.05, 0.1) is 35.6 Å². The lowest BCUT2D eigenvalue weighted by atomic mass is 9.95. The lowest BCUT2D eigenvalue weighted by Crippen LogP contribution is -2.39. The lowest BCUT2D eigenvalue weighted by Gasteiger charge is -2.24. The van der Waals surface area contributed by atoms with Gasteiger partial charge in [-0.1, -0.05) is 77.1 Å². The van der Waals surface area contributed by atoms with Crippen molar-refractivity contribution in [3.8, 4) is 11.5 Å². The Morgan fingerprint density at radius 2 is 1.78 bits per heavy atom. The number of carbonyl (C=O) groups excluding carboxylic acids is 1. The summed E-state index contributed by atoms with van der Waals surface area (Å²) in [5, 5.41) is 0. The van der Waals surface area contributed by atoms with Crippen molar-refractivity contribution in [3.63, 3.8) is 0 Å². The molecule has 1 aromatic heterocycles. The molecular formula is C33H32N2O5S. The predicted molar refractivity (Wildman–Crippen MR) is 160 cm³/mol. The van der Waals surface area contributed by atoms with Gasteiger partial charge < -0.3 is 14.2 Å². The first kappa shape index (κ1) is 28.1. The van der Waals surface area contributed by atoms with Gasteiger partial charge in [0.25, 0.3) is 5.56 Å². The van der Waals surface area contributed by atoms with Gasteiger partial charge in [-0.15, -0.1) is 0 Å². The largest absolute Gasteiger partial charge is 0.493 e. The van der Waals surface area contributed by atoms with E-state index in [1.165, 1.54) is 16.9 Å². The van der Waals surface area contributed by atoms with Crippen molar-refractivity contribution < 1.29 is 19.0 Å². The first-order chi connectivity index (χ1) is 19.8. The predicted octanol–water partition coefficient (Wildman–Crippen LogP) is 5.00. The van der Waals surface area contributed by atoms with E-state index in [9.17, 15) is 9.59 Å². The molecule has 1 aliphatic rings. The quantitative estimate of drug-likeness (QED) is 0.280. The minimum absolute atomic E-state index is 0.229. The van der Waals surface area contributed by atoms with E-state index in [4.69, 9.17) is 14.2 Å². The van der Waals surface area contributed by atoms with Crippen LogP contribution in [0.15, 0.2) is 87.8 Å². The summed E-state index contributed by atoms with van der Waals surface area (Å²) < 4.78 is 19.1. The van der Waals surface area contributed by atoms with Gasteiger partial charge in [0.2, 0.25) is 0 Å². The lowest BCUT2D eigenvalue weighted by molar-refractivity contribution is -0.139. The maximum absolute atomic E-state index is 13.9. The third kappa shape index (κ3) is 5.88. The number of fused-ring (bicyclic) bond motifs is 1. The fourth-order valence-electron chi connectivity index (χ4n) is 4.86. The van der Waals surface area contributed by atoms with Crippen molar-refractivity contribution in [2.75, 3.05) is 13.7 Å². The zero-order chi connectivity index (χ0) is 29.1. The number of rotatable bonds is 8. The van der Waals surface area contributed by atoms with Gasteiger partial charge >= 0.3 is 5.97 Å². The summed E-state index contributed by atoms with van der Waals surface area (Å²) in [7, 11) is 1.59. The first-order valence-corrected chi connectivity index (χ1v) is 14.2. The normalized spacial score (nSPS) is 14.9. The molecule has 0 saturated carbocycles. The van der Waals surface area contributed by atoms with E-state index in [2.05, 4.69) is 11.1 Å². The summed E-state index contributed by atoms with van der Waals surface area (Å²) in [6.07, 6.45) is 1.81. The Balaban J connectivity index is 1.54. The molecule has 2 heterocycles. The van der Waals surface area contributed by atoms with Crippen molar-refractivity contribution in [1.29, 1.82) is 0 Å². The van der Waals surface area contributed by atoms with Crippen molar-refractivity contribution in [2.45, 2.75) is 40.3 Å². The van der Waals surface area contributed by atoms with Gasteiger partial charge in [0.1, 0.15) is 6.61 Å². The molecule has 0 bridgehead atoms. The van der Waals surface area contributed by atoms with E-state index < -0.39 is 12.0 Å². The molecule has 1 aliphatic heterocycles. The van der Waals surface area contributed by atoms with Crippen LogP contribution < -0.4 is 24.4 Å². The number of nitrogens with zero attached hydrogens (tertiary/aromatic N) is 2. The fraction of sp³-hybridized carbons (Fsp3) is 0.242. The molecule has 0 N–H and O–H groups in total. The molecule has 7 nitrogen and oxygen atoms in total.